The molecule has 4 rings (SSSR count). The van der Waals surface area contributed by atoms with Crippen molar-refractivity contribution in [1.29, 1.82) is 0 Å². The van der Waals surface area contributed by atoms with E-state index in [4.69, 9.17) is 5.73 Å². The summed E-state index contributed by atoms with van der Waals surface area (Å²) in [6.45, 7) is 0.614. The first-order valence-corrected chi connectivity index (χ1v) is 6.83. The number of pyridine rings is 1. The second kappa shape index (κ2) is 4.68. The minimum Gasteiger partial charge on any atom is -0.343 e. The zero-order valence-corrected chi connectivity index (χ0v) is 11.3. The molecule has 0 saturated heterocycles. The fraction of sp³-hybridized carbons (Fsp3) is 0.133. The SMILES string of the molecule is NCCc1cc2c(-c3cnn4ncccc34)ccnc2[nH]1. The number of rotatable bonds is 3. The maximum atomic E-state index is 5.63. The van der Waals surface area contributed by atoms with Crippen LogP contribution < -0.4 is 5.73 Å². The van der Waals surface area contributed by atoms with Crippen molar-refractivity contribution in [3.8, 4) is 11.1 Å². The van der Waals surface area contributed by atoms with Gasteiger partial charge in [-0.1, -0.05) is 0 Å². The molecule has 21 heavy (non-hydrogen) atoms. The van der Waals surface area contributed by atoms with Crippen LogP contribution in [0.1, 0.15) is 5.69 Å². The first kappa shape index (κ1) is 12.0. The van der Waals surface area contributed by atoms with Crippen LogP contribution in [0.3, 0.4) is 0 Å². The van der Waals surface area contributed by atoms with Crippen LogP contribution in [-0.2, 0) is 6.42 Å². The third-order valence-corrected chi connectivity index (χ3v) is 3.60. The van der Waals surface area contributed by atoms with E-state index in [1.807, 2.05) is 24.4 Å². The van der Waals surface area contributed by atoms with Crippen LogP contribution in [-0.4, -0.2) is 31.3 Å². The molecule has 4 aromatic heterocycles. The summed E-state index contributed by atoms with van der Waals surface area (Å²) in [5.41, 5.74) is 10.7. The van der Waals surface area contributed by atoms with Gasteiger partial charge in [0.05, 0.1) is 11.7 Å². The van der Waals surface area contributed by atoms with E-state index in [2.05, 4.69) is 26.2 Å². The number of hydrogen-bond donors (Lipinski definition) is 2. The van der Waals surface area contributed by atoms with Crippen molar-refractivity contribution in [2.45, 2.75) is 6.42 Å². The fourth-order valence-corrected chi connectivity index (χ4v) is 2.65. The highest BCUT2D eigenvalue weighted by Gasteiger charge is 2.12. The van der Waals surface area contributed by atoms with Gasteiger partial charge in [0, 0.05) is 29.0 Å². The van der Waals surface area contributed by atoms with Crippen LogP contribution in [0.15, 0.2) is 42.9 Å². The Balaban J connectivity index is 1.97. The number of aromatic amines is 1. The van der Waals surface area contributed by atoms with Gasteiger partial charge in [-0.25, -0.2) is 4.98 Å². The van der Waals surface area contributed by atoms with E-state index in [-0.39, 0.29) is 0 Å². The first-order valence-electron chi connectivity index (χ1n) is 6.83. The van der Waals surface area contributed by atoms with Crippen molar-refractivity contribution >= 4 is 16.6 Å². The Kier molecular flexibility index (Phi) is 2.68. The molecule has 4 aromatic rings. The van der Waals surface area contributed by atoms with Crippen molar-refractivity contribution in [3.63, 3.8) is 0 Å². The fourth-order valence-electron chi connectivity index (χ4n) is 2.65. The summed E-state index contributed by atoms with van der Waals surface area (Å²) in [6.07, 6.45) is 6.18. The van der Waals surface area contributed by atoms with Crippen LogP contribution in [0.2, 0.25) is 0 Å². The zero-order valence-electron chi connectivity index (χ0n) is 11.3. The molecule has 6 nitrogen and oxygen atoms in total. The molecular formula is C15H14N6. The Bertz CT molecular complexity index is 920. The zero-order chi connectivity index (χ0) is 14.2. The lowest BCUT2D eigenvalue weighted by atomic mass is 10.1. The molecule has 0 spiro atoms. The molecule has 4 heterocycles. The van der Waals surface area contributed by atoms with Gasteiger partial charge in [-0.15, -0.1) is 0 Å². The van der Waals surface area contributed by atoms with E-state index in [0.29, 0.717) is 6.54 Å². The number of hydrogen-bond acceptors (Lipinski definition) is 4. The molecule has 6 heteroatoms. The first-order chi connectivity index (χ1) is 10.4. The Morgan fingerprint density at radius 2 is 2.10 bits per heavy atom. The van der Waals surface area contributed by atoms with E-state index in [0.717, 1.165) is 39.8 Å². The van der Waals surface area contributed by atoms with E-state index < -0.39 is 0 Å². The Labute approximate surface area is 120 Å². The van der Waals surface area contributed by atoms with Crippen molar-refractivity contribution in [2.75, 3.05) is 6.54 Å². The van der Waals surface area contributed by atoms with Crippen LogP contribution in [0.25, 0.3) is 27.7 Å². The quantitative estimate of drug-likeness (QED) is 0.598. The molecule has 0 aromatic carbocycles. The van der Waals surface area contributed by atoms with Crippen LogP contribution in [0, 0.1) is 0 Å². The highest BCUT2D eigenvalue weighted by Crippen LogP contribution is 2.30. The van der Waals surface area contributed by atoms with Gasteiger partial charge in [-0.2, -0.15) is 14.8 Å². The molecule has 0 aliphatic rings. The standard InChI is InChI=1S/C15H14N6/c16-5-3-10-8-12-11(4-7-17-15(12)20-10)13-9-19-21-14(13)2-1-6-18-21/h1-2,4,6-9H,3,5,16H2,(H,17,20). The lowest BCUT2D eigenvalue weighted by Gasteiger charge is -2.00. The number of fused-ring (bicyclic) bond motifs is 2. The van der Waals surface area contributed by atoms with Gasteiger partial charge in [0.25, 0.3) is 0 Å². The molecule has 0 amide bonds. The predicted molar refractivity (Wildman–Crippen MR) is 80.8 cm³/mol. The van der Waals surface area contributed by atoms with Gasteiger partial charge < -0.3 is 10.7 Å². The smallest absolute Gasteiger partial charge is 0.138 e. The van der Waals surface area contributed by atoms with Crippen molar-refractivity contribution in [2.24, 2.45) is 5.73 Å². The van der Waals surface area contributed by atoms with Gasteiger partial charge >= 0.3 is 0 Å². The number of nitrogens with one attached hydrogen (secondary N) is 1. The topological polar surface area (TPSA) is 84.9 Å². The monoisotopic (exact) mass is 278 g/mol. The van der Waals surface area contributed by atoms with Gasteiger partial charge in [-0.05, 0) is 42.8 Å². The summed E-state index contributed by atoms with van der Waals surface area (Å²) in [7, 11) is 0. The molecule has 0 fully saturated rings. The van der Waals surface area contributed by atoms with Crippen LogP contribution in [0.4, 0.5) is 0 Å². The third kappa shape index (κ3) is 1.88. The summed E-state index contributed by atoms with van der Waals surface area (Å²) < 4.78 is 1.63. The molecule has 0 atom stereocenters. The minimum absolute atomic E-state index is 0.614. The molecule has 0 aliphatic heterocycles. The van der Waals surface area contributed by atoms with Gasteiger partial charge in [0.2, 0.25) is 0 Å². The summed E-state index contributed by atoms with van der Waals surface area (Å²) in [6, 6.07) is 8.04. The van der Waals surface area contributed by atoms with Gasteiger partial charge in [-0.3, -0.25) is 0 Å². The van der Waals surface area contributed by atoms with Crippen molar-refractivity contribution in [1.82, 2.24) is 24.8 Å². The molecular weight excluding hydrogens is 264 g/mol. The van der Waals surface area contributed by atoms with E-state index in [1.54, 1.807) is 17.0 Å². The molecule has 3 N–H and O–H groups in total. The molecule has 0 saturated carbocycles. The van der Waals surface area contributed by atoms with Crippen LogP contribution >= 0.6 is 0 Å². The number of aromatic nitrogens is 5. The van der Waals surface area contributed by atoms with Gasteiger partial charge in [0.1, 0.15) is 5.65 Å². The predicted octanol–water partition coefficient (Wildman–Crippen LogP) is 1.77. The largest absolute Gasteiger partial charge is 0.343 e. The number of nitrogens with zero attached hydrogens (tertiary/aromatic N) is 4. The molecule has 0 aliphatic carbocycles. The summed E-state index contributed by atoms with van der Waals surface area (Å²) in [5.74, 6) is 0. The van der Waals surface area contributed by atoms with E-state index >= 15 is 0 Å². The summed E-state index contributed by atoms with van der Waals surface area (Å²) in [4.78, 5) is 7.71. The normalized spacial score (nSPS) is 11.5. The maximum absolute atomic E-state index is 5.63. The Morgan fingerprint density at radius 3 is 3.00 bits per heavy atom. The molecule has 104 valence electrons. The number of H-pyrrole nitrogens is 1. The second-order valence-corrected chi connectivity index (χ2v) is 4.91. The lowest BCUT2D eigenvalue weighted by molar-refractivity contribution is 0.800. The molecule has 0 unspecified atom stereocenters. The summed E-state index contributed by atoms with van der Waals surface area (Å²) in [5, 5.41) is 9.59. The Morgan fingerprint density at radius 1 is 1.14 bits per heavy atom. The maximum Gasteiger partial charge on any atom is 0.138 e. The molecule has 0 radical (unpaired) electrons. The third-order valence-electron chi connectivity index (χ3n) is 3.60. The van der Waals surface area contributed by atoms with Gasteiger partial charge in [0.15, 0.2) is 0 Å². The second-order valence-electron chi connectivity index (χ2n) is 4.91. The van der Waals surface area contributed by atoms with Crippen LogP contribution in [0.5, 0.6) is 0 Å². The van der Waals surface area contributed by atoms with E-state index in [1.165, 1.54) is 0 Å². The summed E-state index contributed by atoms with van der Waals surface area (Å²) >= 11 is 0. The van der Waals surface area contributed by atoms with Crippen molar-refractivity contribution < 1.29 is 0 Å². The van der Waals surface area contributed by atoms with Crippen molar-refractivity contribution in [3.05, 3.63) is 48.5 Å². The highest BCUT2D eigenvalue weighted by atomic mass is 15.4. The average Bonchev–Trinajstić information content (AvgIpc) is 3.10. The lowest BCUT2D eigenvalue weighted by Crippen LogP contribution is -2.02. The highest BCUT2D eigenvalue weighted by molar-refractivity contribution is 5.97. The minimum atomic E-state index is 0.614. The average molecular weight is 278 g/mol. The Hall–Kier alpha value is -2.73. The molecule has 0 bridgehead atoms. The van der Waals surface area contributed by atoms with E-state index in [9.17, 15) is 0 Å². The number of nitrogens with two attached hydrogens (primary N) is 1.